The van der Waals surface area contributed by atoms with Crippen LogP contribution in [0.25, 0.3) is 0 Å². The standard InChI is InChI=1S/C16H25N3/c1-11-2-15(9-17)19(18-11)10-16-6-12-3-13(7-16)5-14(4-12)8-16/h2,12-14H,3-10,17H2,1H3. The normalized spacial score (nSPS) is 40.0. The van der Waals surface area contributed by atoms with Crippen LogP contribution in [-0.2, 0) is 13.1 Å². The van der Waals surface area contributed by atoms with Crippen molar-refractivity contribution in [3.05, 3.63) is 17.5 Å². The van der Waals surface area contributed by atoms with Crippen molar-refractivity contribution in [1.29, 1.82) is 0 Å². The highest BCUT2D eigenvalue weighted by molar-refractivity contribution is 5.10. The molecule has 19 heavy (non-hydrogen) atoms. The Morgan fingerprint density at radius 1 is 1.21 bits per heavy atom. The Morgan fingerprint density at radius 2 is 1.79 bits per heavy atom. The molecule has 1 aromatic heterocycles. The molecule has 0 aromatic carbocycles. The molecule has 2 N–H and O–H groups in total. The predicted octanol–water partition coefficient (Wildman–Crippen LogP) is 2.87. The van der Waals surface area contributed by atoms with Crippen molar-refractivity contribution in [3.63, 3.8) is 0 Å². The van der Waals surface area contributed by atoms with Gasteiger partial charge in [-0.25, -0.2) is 0 Å². The number of rotatable bonds is 3. The SMILES string of the molecule is Cc1cc(CN)n(CC23CC4CC(CC(C4)C2)C3)n1. The Balaban J connectivity index is 1.62. The van der Waals surface area contributed by atoms with E-state index in [9.17, 15) is 0 Å². The fourth-order valence-electron chi connectivity index (χ4n) is 5.70. The third-order valence-corrected chi connectivity index (χ3v) is 5.84. The maximum absolute atomic E-state index is 5.87. The van der Waals surface area contributed by atoms with Crippen LogP contribution in [0.1, 0.15) is 49.9 Å². The van der Waals surface area contributed by atoms with Crippen molar-refractivity contribution in [3.8, 4) is 0 Å². The zero-order valence-electron chi connectivity index (χ0n) is 11.9. The molecule has 5 rings (SSSR count). The molecule has 0 atom stereocenters. The van der Waals surface area contributed by atoms with Crippen LogP contribution in [0.2, 0.25) is 0 Å². The molecule has 4 fully saturated rings. The highest BCUT2D eigenvalue weighted by Crippen LogP contribution is 2.60. The first-order valence-corrected chi connectivity index (χ1v) is 7.89. The first kappa shape index (κ1) is 12.0. The second-order valence-corrected chi connectivity index (χ2v) is 7.56. The first-order chi connectivity index (χ1) is 9.16. The number of hydrogen-bond acceptors (Lipinski definition) is 2. The van der Waals surface area contributed by atoms with Crippen LogP contribution in [0.5, 0.6) is 0 Å². The quantitative estimate of drug-likeness (QED) is 0.907. The average Bonchev–Trinajstić information content (AvgIpc) is 2.66. The van der Waals surface area contributed by atoms with E-state index in [1.165, 1.54) is 44.2 Å². The molecule has 0 unspecified atom stereocenters. The van der Waals surface area contributed by atoms with Crippen LogP contribution in [0.4, 0.5) is 0 Å². The second kappa shape index (κ2) is 4.08. The molecule has 0 radical (unpaired) electrons. The summed E-state index contributed by atoms with van der Waals surface area (Å²) in [6.07, 6.45) is 8.88. The van der Waals surface area contributed by atoms with E-state index in [2.05, 4.69) is 17.7 Å². The number of hydrogen-bond donors (Lipinski definition) is 1. The second-order valence-electron chi connectivity index (χ2n) is 7.56. The van der Waals surface area contributed by atoms with Gasteiger partial charge in [0.2, 0.25) is 0 Å². The lowest BCUT2D eigenvalue weighted by atomic mass is 9.49. The lowest BCUT2D eigenvalue weighted by molar-refractivity contribution is -0.0639. The summed E-state index contributed by atoms with van der Waals surface area (Å²) in [6, 6.07) is 2.15. The largest absolute Gasteiger partial charge is 0.325 e. The van der Waals surface area contributed by atoms with Gasteiger partial charge in [0.1, 0.15) is 0 Å². The summed E-state index contributed by atoms with van der Waals surface area (Å²) in [5, 5.41) is 4.69. The smallest absolute Gasteiger partial charge is 0.0597 e. The summed E-state index contributed by atoms with van der Waals surface area (Å²) in [7, 11) is 0. The Labute approximate surface area is 115 Å². The summed E-state index contributed by atoms with van der Waals surface area (Å²) in [5.74, 6) is 3.05. The minimum atomic E-state index is 0.553. The molecular formula is C16H25N3. The Morgan fingerprint density at radius 3 is 2.32 bits per heavy atom. The summed E-state index contributed by atoms with van der Waals surface area (Å²) in [5.41, 5.74) is 8.75. The van der Waals surface area contributed by atoms with Gasteiger partial charge < -0.3 is 5.73 Å². The van der Waals surface area contributed by atoms with Crippen LogP contribution in [-0.4, -0.2) is 9.78 Å². The molecular weight excluding hydrogens is 234 g/mol. The Hall–Kier alpha value is -0.830. The molecule has 0 spiro atoms. The van der Waals surface area contributed by atoms with Crippen molar-refractivity contribution in [2.75, 3.05) is 0 Å². The van der Waals surface area contributed by atoms with Crippen LogP contribution in [0, 0.1) is 30.1 Å². The van der Waals surface area contributed by atoms with Crippen molar-refractivity contribution in [1.82, 2.24) is 9.78 Å². The molecule has 4 bridgehead atoms. The van der Waals surface area contributed by atoms with Gasteiger partial charge >= 0.3 is 0 Å². The van der Waals surface area contributed by atoms with Crippen molar-refractivity contribution in [2.45, 2.75) is 58.5 Å². The molecule has 104 valence electrons. The zero-order chi connectivity index (χ0) is 13.0. The van der Waals surface area contributed by atoms with E-state index in [1.807, 2.05) is 0 Å². The third-order valence-electron chi connectivity index (χ3n) is 5.84. The summed E-state index contributed by atoms with van der Waals surface area (Å²) >= 11 is 0. The van der Waals surface area contributed by atoms with E-state index in [0.29, 0.717) is 12.0 Å². The van der Waals surface area contributed by atoms with Gasteiger partial charge in [-0.1, -0.05) is 0 Å². The summed E-state index contributed by atoms with van der Waals surface area (Å²) in [4.78, 5) is 0. The molecule has 4 saturated carbocycles. The molecule has 0 saturated heterocycles. The lowest BCUT2D eigenvalue weighted by Gasteiger charge is -2.56. The molecule has 4 aliphatic carbocycles. The monoisotopic (exact) mass is 259 g/mol. The van der Waals surface area contributed by atoms with E-state index in [0.717, 1.165) is 30.0 Å². The number of nitrogens with two attached hydrogens (primary N) is 1. The van der Waals surface area contributed by atoms with E-state index >= 15 is 0 Å². The van der Waals surface area contributed by atoms with Gasteiger partial charge in [0, 0.05) is 13.1 Å². The highest BCUT2D eigenvalue weighted by Gasteiger charge is 2.51. The number of aryl methyl sites for hydroxylation is 1. The van der Waals surface area contributed by atoms with Gasteiger partial charge in [-0.05, 0) is 74.7 Å². The number of aromatic nitrogens is 2. The molecule has 4 aliphatic rings. The molecule has 1 aromatic rings. The predicted molar refractivity (Wildman–Crippen MR) is 75.5 cm³/mol. The van der Waals surface area contributed by atoms with Crippen LogP contribution < -0.4 is 5.73 Å². The van der Waals surface area contributed by atoms with Gasteiger partial charge in [0.25, 0.3) is 0 Å². The lowest BCUT2D eigenvalue weighted by Crippen LogP contribution is -2.48. The van der Waals surface area contributed by atoms with Crippen molar-refractivity contribution >= 4 is 0 Å². The van der Waals surface area contributed by atoms with Gasteiger partial charge in [-0.15, -0.1) is 0 Å². The molecule has 3 heteroatoms. The van der Waals surface area contributed by atoms with Crippen molar-refractivity contribution < 1.29 is 0 Å². The van der Waals surface area contributed by atoms with E-state index in [4.69, 9.17) is 10.8 Å². The van der Waals surface area contributed by atoms with Gasteiger partial charge in [0.15, 0.2) is 0 Å². The molecule has 3 nitrogen and oxygen atoms in total. The fraction of sp³-hybridized carbons (Fsp3) is 0.812. The maximum Gasteiger partial charge on any atom is 0.0597 e. The van der Waals surface area contributed by atoms with E-state index < -0.39 is 0 Å². The Bertz CT molecular complexity index is 453. The fourth-order valence-corrected chi connectivity index (χ4v) is 5.70. The minimum Gasteiger partial charge on any atom is -0.325 e. The van der Waals surface area contributed by atoms with E-state index in [-0.39, 0.29) is 0 Å². The third kappa shape index (κ3) is 1.94. The average molecular weight is 259 g/mol. The van der Waals surface area contributed by atoms with Gasteiger partial charge in [0.05, 0.1) is 11.4 Å². The molecule has 0 amide bonds. The van der Waals surface area contributed by atoms with Crippen molar-refractivity contribution in [2.24, 2.45) is 28.9 Å². The topological polar surface area (TPSA) is 43.8 Å². The minimum absolute atomic E-state index is 0.553. The number of nitrogens with zero attached hydrogens (tertiary/aromatic N) is 2. The molecule has 0 aliphatic heterocycles. The maximum atomic E-state index is 5.87. The van der Waals surface area contributed by atoms with Gasteiger partial charge in [-0.2, -0.15) is 5.10 Å². The molecule has 1 heterocycles. The van der Waals surface area contributed by atoms with E-state index in [1.54, 1.807) is 0 Å². The first-order valence-electron chi connectivity index (χ1n) is 7.89. The Kier molecular flexibility index (Phi) is 2.57. The van der Waals surface area contributed by atoms with Crippen LogP contribution in [0.15, 0.2) is 6.07 Å². The van der Waals surface area contributed by atoms with Gasteiger partial charge in [-0.3, -0.25) is 4.68 Å². The van der Waals surface area contributed by atoms with Crippen LogP contribution in [0.3, 0.4) is 0 Å². The highest BCUT2D eigenvalue weighted by atomic mass is 15.3. The summed E-state index contributed by atoms with van der Waals surface area (Å²) < 4.78 is 2.22. The van der Waals surface area contributed by atoms with Crippen LogP contribution >= 0.6 is 0 Å². The zero-order valence-corrected chi connectivity index (χ0v) is 11.9. The summed E-state index contributed by atoms with van der Waals surface area (Å²) in [6.45, 7) is 3.82.